The second-order valence-corrected chi connectivity index (χ2v) is 9.65. The van der Waals surface area contributed by atoms with Crippen molar-refractivity contribution in [2.75, 3.05) is 11.9 Å². The molecule has 2 rings (SSSR count). The zero-order valence-electron chi connectivity index (χ0n) is 32.4. The van der Waals surface area contributed by atoms with Gasteiger partial charge in [-0.3, -0.25) is 0 Å². The number of rotatable bonds is 9. The van der Waals surface area contributed by atoms with Crippen LogP contribution in [-0.2, 0) is 0 Å². The number of hydrogen-bond acceptors (Lipinski definition) is 2. The minimum absolute atomic E-state index is 0.865. The summed E-state index contributed by atoms with van der Waals surface area (Å²) in [5.74, 6) is 3.62. The van der Waals surface area contributed by atoms with Gasteiger partial charge < -0.3 is 11.1 Å². The van der Waals surface area contributed by atoms with E-state index in [1.54, 1.807) is 6.08 Å². The first-order valence-corrected chi connectivity index (χ1v) is 17.5. The minimum Gasteiger partial charge on any atom is -0.405 e. The molecule has 2 aromatic rings. The summed E-state index contributed by atoms with van der Waals surface area (Å²) in [5.41, 5.74) is 11.7. The molecular weight excluding hydrogens is 544 g/mol. The second kappa shape index (κ2) is 47.6. The van der Waals surface area contributed by atoms with Gasteiger partial charge in [0.15, 0.2) is 0 Å². The Hall–Kier alpha value is -3.36. The van der Waals surface area contributed by atoms with E-state index >= 15 is 0 Å². The molecule has 0 unspecified atom stereocenters. The average Bonchev–Trinajstić information content (AvgIpc) is 3.09. The molecule has 0 spiro atoms. The van der Waals surface area contributed by atoms with Crippen molar-refractivity contribution in [2.45, 2.75) is 142 Å². The summed E-state index contributed by atoms with van der Waals surface area (Å²) in [4.78, 5) is 0. The molecule has 0 aromatic heterocycles. The van der Waals surface area contributed by atoms with Crippen LogP contribution < -0.4 is 11.1 Å². The van der Waals surface area contributed by atoms with Crippen molar-refractivity contribution in [3.05, 3.63) is 83.6 Å². The Morgan fingerprint density at radius 2 is 1.24 bits per heavy atom. The van der Waals surface area contributed by atoms with E-state index in [1.807, 2.05) is 52.8 Å². The van der Waals surface area contributed by atoms with Gasteiger partial charge in [-0.15, -0.1) is 19.3 Å². The third kappa shape index (κ3) is 38.6. The minimum atomic E-state index is 0.865. The SMILES string of the molecule is C#C.C#Cc1cc(C(=C)/C=C\N)ccc1C.CC.CC.CCC.CCC(CC)CC.CCCC.CCCNc1ccc(C)cc1. The predicted molar refractivity (Wildman–Crippen MR) is 215 cm³/mol. The average molecular weight is 621 g/mol. The molecule has 0 bridgehead atoms. The molecule has 0 aliphatic carbocycles. The summed E-state index contributed by atoms with van der Waals surface area (Å²) >= 11 is 0. The van der Waals surface area contributed by atoms with Gasteiger partial charge >= 0.3 is 0 Å². The smallest absolute Gasteiger partial charge is 0.0340 e. The summed E-state index contributed by atoms with van der Waals surface area (Å²) < 4.78 is 0. The molecule has 0 heterocycles. The van der Waals surface area contributed by atoms with Crippen LogP contribution in [0.5, 0.6) is 0 Å². The molecule has 0 radical (unpaired) electrons. The van der Waals surface area contributed by atoms with Crippen molar-refractivity contribution in [2.24, 2.45) is 11.7 Å². The number of aryl methyl sites for hydroxylation is 2. The number of allylic oxidation sites excluding steroid dienone is 2. The Labute approximate surface area is 284 Å². The van der Waals surface area contributed by atoms with E-state index in [1.165, 1.54) is 62.4 Å². The molecule has 0 aliphatic heterocycles. The largest absolute Gasteiger partial charge is 0.405 e. The zero-order valence-corrected chi connectivity index (χ0v) is 32.4. The molecule has 0 saturated carbocycles. The van der Waals surface area contributed by atoms with E-state index in [0.717, 1.165) is 34.7 Å². The molecule has 0 atom stereocenters. The van der Waals surface area contributed by atoms with E-state index in [0.29, 0.717) is 0 Å². The zero-order chi connectivity index (χ0) is 36.5. The van der Waals surface area contributed by atoms with Crippen LogP contribution in [0.2, 0.25) is 0 Å². The van der Waals surface area contributed by atoms with Crippen LogP contribution in [0.3, 0.4) is 0 Å². The number of nitrogens with two attached hydrogens (primary N) is 1. The lowest BCUT2D eigenvalue weighted by atomic mass is 10.0. The monoisotopic (exact) mass is 621 g/mol. The van der Waals surface area contributed by atoms with Crippen LogP contribution in [0.1, 0.15) is 150 Å². The van der Waals surface area contributed by atoms with Gasteiger partial charge in [-0.2, -0.15) is 0 Å². The van der Waals surface area contributed by atoms with Crippen molar-refractivity contribution in [1.29, 1.82) is 0 Å². The van der Waals surface area contributed by atoms with Crippen LogP contribution in [0.25, 0.3) is 5.57 Å². The number of terminal acetylenes is 2. The van der Waals surface area contributed by atoms with Gasteiger partial charge in [-0.25, -0.2) is 0 Å². The first-order valence-electron chi connectivity index (χ1n) is 17.5. The lowest BCUT2D eigenvalue weighted by molar-refractivity contribution is 0.477. The van der Waals surface area contributed by atoms with Gasteiger partial charge in [0, 0.05) is 17.8 Å². The number of unbranched alkanes of at least 4 members (excludes halogenated alkanes) is 1. The van der Waals surface area contributed by atoms with Crippen LogP contribution in [0, 0.1) is 45.0 Å². The summed E-state index contributed by atoms with van der Waals surface area (Å²) in [6, 6.07) is 14.4. The van der Waals surface area contributed by atoms with Crippen LogP contribution >= 0.6 is 0 Å². The Balaban J connectivity index is -0.000000110. The number of nitrogens with one attached hydrogen (secondary N) is 1. The van der Waals surface area contributed by atoms with E-state index in [-0.39, 0.29) is 0 Å². The maximum atomic E-state index is 5.37. The first-order chi connectivity index (χ1) is 21.7. The summed E-state index contributed by atoms with van der Waals surface area (Å²) in [6.07, 6.45) is 25.7. The van der Waals surface area contributed by atoms with E-state index in [2.05, 4.69) is 117 Å². The molecule has 0 amide bonds. The molecule has 0 fully saturated rings. The second-order valence-electron chi connectivity index (χ2n) is 9.65. The lowest BCUT2D eigenvalue weighted by Gasteiger charge is -2.05. The van der Waals surface area contributed by atoms with E-state index in [9.17, 15) is 0 Å². The topological polar surface area (TPSA) is 38.0 Å². The molecule has 0 aliphatic rings. The molecule has 2 heteroatoms. The van der Waals surface area contributed by atoms with Crippen molar-refractivity contribution in [1.82, 2.24) is 0 Å². The lowest BCUT2D eigenvalue weighted by Crippen LogP contribution is -1.98. The Kier molecular flexibility index (Phi) is 57.2. The van der Waals surface area contributed by atoms with Crippen molar-refractivity contribution in [3.63, 3.8) is 0 Å². The van der Waals surface area contributed by atoms with Gasteiger partial charge in [0.2, 0.25) is 0 Å². The van der Waals surface area contributed by atoms with Gasteiger partial charge in [-0.05, 0) is 73.4 Å². The third-order valence-corrected chi connectivity index (χ3v) is 5.92. The summed E-state index contributed by atoms with van der Waals surface area (Å²) in [5, 5.41) is 3.32. The Morgan fingerprint density at radius 3 is 1.56 bits per heavy atom. The Bertz CT molecular complexity index is 915. The van der Waals surface area contributed by atoms with Crippen LogP contribution in [0.4, 0.5) is 5.69 Å². The fraction of sp³-hybridized carbons (Fsp3) is 0.535. The quantitative estimate of drug-likeness (QED) is 0.216. The maximum Gasteiger partial charge on any atom is 0.0340 e. The highest BCUT2D eigenvalue weighted by Gasteiger charge is 1.99. The molecule has 2 aromatic carbocycles. The molecule has 258 valence electrons. The fourth-order valence-corrected chi connectivity index (χ4v) is 3.00. The fourth-order valence-electron chi connectivity index (χ4n) is 3.00. The molecule has 0 saturated heterocycles. The third-order valence-electron chi connectivity index (χ3n) is 5.92. The highest BCUT2D eigenvalue weighted by molar-refractivity contribution is 5.73. The van der Waals surface area contributed by atoms with Crippen molar-refractivity contribution < 1.29 is 0 Å². The van der Waals surface area contributed by atoms with E-state index < -0.39 is 0 Å². The summed E-state index contributed by atoms with van der Waals surface area (Å²) in [7, 11) is 0. The predicted octanol–water partition coefficient (Wildman–Crippen LogP) is 13.6. The van der Waals surface area contributed by atoms with Crippen molar-refractivity contribution >= 4 is 11.3 Å². The van der Waals surface area contributed by atoms with Gasteiger partial charge in [0.1, 0.15) is 0 Å². The van der Waals surface area contributed by atoms with Gasteiger partial charge in [0.05, 0.1) is 0 Å². The molecular formula is C43H76N2. The molecule has 2 nitrogen and oxygen atoms in total. The standard InChI is InChI=1S/C13H13N.C10H15N.C7H16.C4H10.C3H8.2C2H6.C2H2/c1-4-12-9-13(6-5-10(12)2)11(3)7-8-14;1-3-8-11-10-6-4-9(2)5-7-10;1-4-7(5-2)6-3;1-3-4-2;1-3-2;3*1-2/h1,5-9H,3,14H2,2H3;4-7,11H,3,8H2,1-2H3;7H,4-6H2,1-3H3;3-4H2,1-2H3;3H2,1-2H3;2*1-2H3;1-2H/b8-7-;;;;;;;. The van der Waals surface area contributed by atoms with Crippen LogP contribution in [0.15, 0.2) is 61.3 Å². The van der Waals surface area contributed by atoms with Gasteiger partial charge in [0.25, 0.3) is 0 Å². The highest BCUT2D eigenvalue weighted by atomic mass is 14.9. The Morgan fingerprint density at radius 1 is 0.800 bits per heavy atom. The number of hydrogen-bond donors (Lipinski definition) is 2. The number of anilines is 1. The number of benzene rings is 2. The van der Waals surface area contributed by atoms with Gasteiger partial charge in [-0.1, -0.05) is 164 Å². The van der Waals surface area contributed by atoms with E-state index in [4.69, 9.17) is 12.2 Å². The first kappa shape index (κ1) is 54.1. The maximum absolute atomic E-state index is 5.37. The molecule has 45 heavy (non-hydrogen) atoms. The summed E-state index contributed by atoms with van der Waals surface area (Å²) in [6.45, 7) is 34.6. The molecule has 3 N–H and O–H groups in total. The van der Waals surface area contributed by atoms with Crippen LogP contribution in [-0.4, -0.2) is 6.54 Å². The highest BCUT2D eigenvalue weighted by Crippen LogP contribution is 2.17. The van der Waals surface area contributed by atoms with Crippen molar-refractivity contribution in [3.8, 4) is 25.2 Å². The normalized spacial score (nSPS) is 8.44.